The van der Waals surface area contributed by atoms with E-state index in [0.29, 0.717) is 11.1 Å². The second-order valence-electron chi connectivity index (χ2n) is 5.96. The number of carbonyl (C=O) groups is 2. The lowest BCUT2D eigenvalue weighted by Crippen LogP contribution is -2.19. The third-order valence-electron chi connectivity index (χ3n) is 3.79. The summed E-state index contributed by atoms with van der Waals surface area (Å²) in [6.45, 7) is -0.145. The molecule has 0 saturated carbocycles. The summed E-state index contributed by atoms with van der Waals surface area (Å²) in [5, 5.41) is 10.1. The number of thioether (sulfide) groups is 1. The highest BCUT2D eigenvalue weighted by atomic mass is 32.2. The maximum atomic E-state index is 14.2. The van der Waals surface area contributed by atoms with Crippen LogP contribution in [0.15, 0.2) is 57.6 Å². The molecule has 1 aliphatic heterocycles. The van der Waals surface area contributed by atoms with Crippen molar-refractivity contribution in [3.05, 3.63) is 76.0 Å². The number of ether oxygens (including phenoxy) is 2. The van der Waals surface area contributed by atoms with Gasteiger partial charge in [-0.15, -0.1) is 5.10 Å². The Bertz CT molecular complexity index is 1120. The third-order valence-corrected chi connectivity index (χ3v) is 4.69. The van der Waals surface area contributed by atoms with Crippen LogP contribution in [-0.4, -0.2) is 30.4 Å². The Morgan fingerprint density at radius 2 is 1.94 bits per heavy atom. The predicted octanol–water partition coefficient (Wildman–Crippen LogP) is 3.29. The van der Waals surface area contributed by atoms with E-state index in [9.17, 15) is 22.8 Å². The smallest absolute Gasteiger partial charge is 0.331 e. The third kappa shape index (κ3) is 5.95. The quantitative estimate of drug-likeness (QED) is 0.316. The summed E-state index contributed by atoms with van der Waals surface area (Å²) in [4.78, 5) is 23.0. The molecule has 2 aromatic carbocycles. The highest BCUT2D eigenvalue weighted by molar-refractivity contribution is 8.18. The largest absolute Gasteiger partial charge is 0.486 e. The van der Waals surface area contributed by atoms with Crippen molar-refractivity contribution in [3.63, 3.8) is 0 Å². The Balaban J connectivity index is 1.61. The zero-order valence-corrected chi connectivity index (χ0v) is 16.7. The highest BCUT2D eigenvalue weighted by Crippen LogP contribution is 2.23. The van der Waals surface area contributed by atoms with Crippen LogP contribution in [0.25, 0.3) is 0 Å². The van der Waals surface area contributed by atoms with Gasteiger partial charge in [-0.25, -0.2) is 18.0 Å². The van der Waals surface area contributed by atoms with Gasteiger partial charge in [0.1, 0.15) is 6.61 Å². The second kappa shape index (κ2) is 9.94. The monoisotopic (exact) mass is 449 g/mol. The van der Waals surface area contributed by atoms with E-state index in [-0.39, 0.29) is 22.4 Å². The maximum Gasteiger partial charge on any atom is 0.331 e. The van der Waals surface area contributed by atoms with Crippen LogP contribution in [0, 0.1) is 17.5 Å². The van der Waals surface area contributed by atoms with Gasteiger partial charge in [0.2, 0.25) is 0 Å². The lowest BCUT2D eigenvalue weighted by molar-refractivity contribution is -0.135. The number of methoxy groups -OCH3 is 1. The van der Waals surface area contributed by atoms with Crippen molar-refractivity contribution in [2.75, 3.05) is 7.11 Å². The van der Waals surface area contributed by atoms with Gasteiger partial charge in [-0.05, 0) is 53.2 Å². The van der Waals surface area contributed by atoms with E-state index in [1.807, 2.05) is 0 Å². The number of halogens is 3. The topological polar surface area (TPSA) is 89.3 Å². The van der Waals surface area contributed by atoms with Crippen molar-refractivity contribution >= 4 is 35.0 Å². The number of hydrogen-bond donors (Lipinski definition) is 1. The maximum absolute atomic E-state index is 14.2. The van der Waals surface area contributed by atoms with E-state index in [1.165, 1.54) is 31.5 Å². The van der Waals surface area contributed by atoms with Gasteiger partial charge in [0, 0.05) is 6.08 Å². The fourth-order valence-corrected chi connectivity index (χ4v) is 3.03. The van der Waals surface area contributed by atoms with Gasteiger partial charge in [0.05, 0.1) is 18.2 Å². The van der Waals surface area contributed by atoms with Crippen molar-refractivity contribution in [2.45, 2.75) is 6.61 Å². The molecule has 0 radical (unpaired) electrons. The Hall–Kier alpha value is -3.60. The molecule has 11 heteroatoms. The molecule has 1 saturated heterocycles. The normalized spacial score (nSPS) is 16.2. The number of nitrogens with one attached hydrogen (secondary N) is 1. The van der Waals surface area contributed by atoms with Gasteiger partial charge in [0.15, 0.2) is 28.4 Å². The fourth-order valence-electron chi connectivity index (χ4n) is 2.29. The molecule has 1 heterocycles. The molecule has 7 nitrogen and oxygen atoms in total. The molecule has 1 fully saturated rings. The van der Waals surface area contributed by atoms with Crippen LogP contribution in [0.1, 0.15) is 11.1 Å². The zero-order valence-electron chi connectivity index (χ0n) is 15.9. The molecule has 0 spiro atoms. The van der Waals surface area contributed by atoms with Crippen molar-refractivity contribution in [1.29, 1.82) is 0 Å². The summed E-state index contributed by atoms with van der Waals surface area (Å²) in [5.74, 6) is -3.95. The molecule has 1 amide bonds. The molecule has 0 aromatic heterocycles. The molecular formula is C20H14F3N3O4S. The minimum absolute atomic E-state index is 0.0793. The Morgan fingerprint density at radius 3 is 2.65 bits per heavy atom. The summed E-state index contributed by atoms with van der Waals surface area (Å²) in [7, 11) is 1.19. The van der Waals surface area contributed by atoms with Crippen molar-refractivity contribution < 1.29 is 32.2 Å². The molecule has 160 valence electrons. The summed E-state index contributed by atoms with van der Waals surface area (Å²) < 4.78 is 50.1. The zero-order chi connectivity index (χ0) is 22.4. The number of amidine groups is 1. The fraction of sp³-hybridized carbons (Fsp3) is 0.100. The SMILES string of the molecule is COC(=O)/C=C1/S/C(=N\N=Cc2ccc(OCc3ccc(F)c(F)c3)c(F)c2)NC1=O. The first-order chi connectivity index (χ1) is 14.9. The first kappa shape index (κ1) is 22.1. The minimum atomic E-state index is -1.01. The van der Waals surface area contributed by atoms with Gasteiger partial charge in [-0.2, -0.15) is 5.10 Å². The molecular weight excluding hydrogens is 435 g/mol. The number of rotatable bonds is 6. The lowest BCUT2D eigenvalue weighted by Gasteiger charge is -2.08. The average Bonchev–Trinajstić information content (AvgIpc) is 3.08. The van der Waals surface area contributed by atoms with Crippen LogP contribution in [0.3, 0.4) is 0 Å². The first-order valence-corrected chi connectivity index (χ1v) is 9.43. The molecule has 1 N–H and O–H groups in total. The van der Waals surface area contributed by atoms with Crippen molar-refractivity contribution in [1.82, 2.24) is 5.32 Å². The molecule has 0 aliphatic carbocycles. The van der Waals surface area contributed by atoms with Gasteiger partial charge in [-0.3, -0.25) is 10.1 Å². The molecule has 0 atom stereocenters. The molecule has 2 aromatic rings. The van der Waals surface area contributed by atoms with Gasteiger partial charge < -0.3 is 9.47 Å². The summed E-state index contributed by atoms with van der Waals surface area (Å²) >= 11 is 0.901. The lowest BCUT2D eigenvalue weighted by atomic mass is 10.2. The van der Waals surface area contributed by atoms with Crippen LogP contribution >= 0.6 is 11.8 Å². The number of esters is 1. The van der Waals surface area contributed by atoms with Crippen LogP contribution in [0.4, 0.5) is 13.2 Å². The van der Waals surface area contributed by atoms with Crippen LogP contribution in [-0.2, 0) is 20.9 Å². The second-order valence-corrected chi connectivity index (χ2v) is 7.00. The summed E-state index contributed by atoms with van der Waals surface area (Å²) in [6.07, 6.45) is 2.28. The van der Waals surface area contributed by atoms with E-state index >= 15 is 0 Å². The van der Waals surface area contributed by atoms with Crippen molar-refractivity contribution in [3.8, 4) is 5.75 Å². The Labute approximate surface area is 178 Å². The minimum Gasteiger partial charge on any atom is -0.486 e. The summed E-state index contributed by atoms with van der Waals surface area (Å²) in [5.41, 5.74) is 0.707. The van der Waals surface area contributed by atoms with Crippen LogP contribution < -0.4 is 10.1 Å². The van der Waals surface area contributed by atoms with Gasteiger partial charge >= 0.3 is 5.97 Å². The van der Waals surface area contributed by atoms with Crippen LogP contribution in [0.2, 0.25) is 0 Å². The number of hydrogen-bond acceptors (Lipinski definition) is 7. The van der Waals surface area contributed by atoms with Crippen LogP contribution in [0.5, 0.6) is 5.75 Å². The number of carbonyl (C=O) groups excluding carboxylic acids is 2. The summed E-state index contributed by atoms with van der Waals surface area (Å²) in [6, 6.07) is 7.28. The Kier molecular flexibility index (Phi) is 7.08. The predicted molar refractivity (Wildman–Crippen MR) is 108 cm³/mol. The molecule has 3 rings (SSSR count). The van der Waals surface area contributed by atoms with Crippen molar-refractivity contribution in [2.24, 2.45) is 10.2 Å². The number of nitrogens with zero attached hydrogens (tertiary/aromatic N) is 2. The van der Waals surface area contributed by atoms with E-state index in [2.05, 4.69) is 20.3 Å². The standard InChI is InChI=1S/C20H14F3N3O4S/c1-29-18(27)8-17-19(28)25-20(31-17)26-24-9-11-3-5-16(15(23)6-11)30-10-12-2-4-13(21)14(22)7-12/h2-9H,10H2,1H3,(H,25,26,28)/b17-8+,24-9?. The number of benzene rings is 2. The van der Waals surface area contributed by atoms with E-state index < -0.39 is 29.3 Å². The molecule has 1 aliphatic rings. The van der Waals surface area contributed by atoms with E-state index in [0.717, 1.165) is 36.0 Å². The van der Waals surface area contributed by atoms with Gasteiger partial charge in [0.25, 0.3) is 5.91 Å². The van der Waals surface area contributed by atoms with Gasteiger partial charge in [-0.1, -0.05) is 6.07 Å². The Morgan fingerprint density at radius 1 is 1.13 bits per heavy atom. The first-order valence-electron chi connectivity index (χ1n) is 8.62. The highest BCUT2D eigenvalue weighted by Gasteiger charge is 2.25. The molecule has 31 heavy (non-hydrogen) atoms. The molecule has 0 unspecified atom stereocenters. The van der Waals surface area contributed by atoms with E-state index in [1.54, 1.807) is 0 Å². The average molecular weight is 449 g/mol. The number of amides is 1. The molecule has 0 bridgehead atoms. The van der Waals surface area contributed by atoms with E-state index in [4.69, 9.17) is 4.74 Å².